The van der Waals surface area contributed by atoms with Crippen LogP contribution in [0.4, 0.5) is 0 Å². The smallest absolute Gasteiger partial charge is 0.227 e. The van der Waals surface area contributed by atoms with Crippen molar-refractivity contribution in [2.75, 3.05) is 14.2 Å². The van der Waals surface area contributed by atoms with E-state index in [2.05, 4.69) is 29.3 Å². The van der Waals surface area contributed by atoms with Gasteiger partial charge in [0.15, 0.2) is 0 Å². The zero-order valence-electron chi connectivity index (χ0n) is 16.3. The van der Waals surface area contributed by atoms with Gasteiger partial charge in [-0.15, -0.1) is 0 Å². The molecule has 0 saturated carbocycles. The molecule has 3 aromatic rings. The number of aryl methyl sites for hydroxylation is 1. The number of nitrogens with one attached hydrogen (secondary N) is 1. The summed E-state index contributed by atoms with van der Waals surface area (Å²) in [7, 11) is 3.24. The molecule has 1 N–H and O–H groups in total. The molecule has 2 aromatic carbocycles. The summed E-state index contributed by atoms with van der Waals surface area (Å²) in [6.07, 6.45) is 0.341. The first-order valence-corrected chi connectivity index (χ1v) is 9.21. The number of methoxy groups -OCH3 is 2. The molecule has 6 nitrogen and oxygen atoms in total. The molecule has 0 atom stereocenters. The lowest BCUT2D eigenvalue weighted by molar-refractivity contribution is -0.132. The molecular formula is C22H23N3O3. The molecule has 0 bridgehead atoms. The predicted molar refractivity (Wildman–Crippen MR) is 106 cm³/mol. The summed E-state index contributed by atoms with van der Waals surface area (Å²) in [5.74, 6) is 1.52. The molecule has 6 heteroatoms. The van der Waals surface area contributed by atoms with E-state index < -0.39 is 0 Å². The van der Waals surface area contributed by atoms with E-state index >= 15 is 0 Å². The molecule has 0 spiro atoms. The Morgan fingerprint density at radius 3 is 2.61 bits per heavy atom. The van der Waals surface area contributed by atoms with Gasteiger partial charge in [-0.1, -0.05) is 29.8 Å². The van der Waals surface area contributed by atoms with E-state index in [1.54, 1.807) is 14.2 Å². The third-order valence-corrected chi connectivity index (χ3v) is 5.16. The third kappa shape index (κ3) is 3.33. The summed E-state index contributed by atoms with van der Waals surface area (Å²) >= 11 is 0. The van der Waals surface area contributed by atoms with Crippen molar-refractivity contribution in [3.05, 3.63) is 64.8 Å². The molecule has 28 heavy (non-hydrogen) atoms. The van der Waals surface area contributed by atoms with Crippen molar-refractivity contribution in [2.45, 2.75) is 26.4 Å². The van der Waals surface area contributed by atoms with E-state index in [0.29, 0.717) is 25.3 Å². The molecule has 1 aliphatic rings. The summed E-state index contributed by atoms with van der Waals surface area (Å²) in [6, 6.07) is 13.9. The first kappa shape index (κ1) is 18.1. The van der Waals surface area contributed by atoms with Gasteiger partial charge in [0.25, 0.3) is 0 Å². The number of aromatic nitrogens is 2. The first-order chi connectivity index (χ1) is 13.6. The van der Waals surface area contributed by atoms with Gasteiger partial charge in [-0.2, -0.15) is 5.10 Å². The summed E-state index contributed by atoms with van der Waals surface area (Å²) in [6.45, 7) is 3.03. The molecule has 0 aliphatic carbocycles. The average Bonchev–Trinajstić information content (AvgIpc) is 3.11. The molecule has 0 radical (unpaired) electrons. The summed E-state index contributed by atoms with van der Waals surface area (Å²) < 4.78 is 10.7. The number of fused-ring (bicyclic) bond motifs is 1. The number of amides is 1. The van der Waals surface area contributed by atoms with Gasteiger partial charge in [0.05, 0.1) is 38.6 Å². The summed E-state index contributed by atoms with van der Waals surface area (Å²) in [4.78, 5) is 14.7. The van der Waals surface area contributed by atoms with Gasteiger partial charge in [0.1, 0.15) is 11.5 Å². The SMILES string of the molecule is COc1ccc(CN2Cc3[nH]nc(-c4ccc(C)cc4)c3CC2=O)c(OC)c1. The van der Waals surface area contributed by atoms with Crippen LogP contribution in [0.15, 0.2) is 42.5 Å². The minimum Gasteiger partial charge on any atom is -0.497 e. The van der Waals surface area contributed by atoms with E-state index in [4.69, 9.17) is 9.47 Å². The minimum absolute atomic E-state index is 0.0835. The Hall–Kier alpha value is -3.28. The Morgan fingerprint density at radius 1 is 1.11 bits per heavy atom. The van der Waals surface area contributed by atoms with Gasteiger partial charge in [-0.05, 0) is 19.1 Å². The number of H-pyrrole nitrogens is 1. The number of hydrogen-bond donors (Lipinski definition) is 1. The van der Waals surface area contributed by atoms with Gasteiger partial charge < -0.3 is 14.4 Å². The lowest BCUT2D eigenvalue weighted by atomic mass is 9.98. The first-order valence-electron chi connectivity index (χ1n) is 9.21. The van der Waals surface area contributed by atoms with Crippen molar-refractivity contribution in [3.63, 3.8) is 0 Å². The fourth-order valence-corrected chi connectivity index (χ4v) is 3.55. The molecule has 2 heterocycles. The molecule has 1 aliphatic heterocycles. The highest BCUT2D eigenvalue weighted by Crippen LogP contribution is 2.31. The zero-order valence-corrected chi connectivity index (χ0v) is 16.3. The van der Waals surface area contributed by atoms with Crippen LogP contribution in [-0.4, -0.2) is 35.2 Å². The van der Waals surface area contributed by atoms with Gasteiger partial charge in [0.2, 0.25) is 5.91 Å². The number of nitrogens with zero attached hydrogens (tertiary/aromatic N) is 2. The van der Waals surface area contributed by atoms with Crippen LogP contribution >= 0.6 is 0 Å². The fourth-order valence-electron chi connectivity index (χ4n) is 3.55. The molecule has 1 aromatic heterocycles. The molecule has 1 amide bonds. The van der Waals surface area contributed by atoms with Gasteiger partial charge in [-0.3, -0.25) is 9.89 Å². The van der Waals surface area contributed by atoms with E-state index in [1.165, 1.54) is 5.56 Å². The third-order valence-electron chi connectivity index (χ3n) is 5.16. The van der Waals surface area contributed by atoms with E-state index in [1.807, 2.05) is 35.2 Å². The number of ether oxygens (including phenoxy) is 2. The molecule has 0 saturated heterocycles. The number of aromatic amines is 1. The van der Waals surface area contributed by atoms with Crippen LogP contribution in [0.3, 0.4) is 0 Å². The van der Waals surface area contributed by atoms with E-state index in [0.717, 1.165) is 33.8 Å². The standard InChI is InChI=1S/C22H23N3O3/c1-14-4-6-15(7-5-14)22-18-11-21(26)25(13-19(18)23-24-22)12-16-8-9-17(27-2)10-20(16)28-3/h4-10H,11-13H2,1-3H3,(H,23,24). The number of benzene rings is 2. The van der Waals surface area contributed by atoms with Gasteiger partial charge >= 0.3 is 0 Å². The van der Waals surface area contributed by atoms with Crippen LogP contribution in [0.1, 0.15) is 22.4 Å². The molecular weight excluding hydrogens is 354 g/mol. The monoisotopic (exact) mass is 377 g/mol. The number of rotatable bonds is 5. The van der Waals surface area contributed by atoms with Crippen LogP contribution in [0.2, 0.25) is 0 Å². The molecule has 0 fully saturated rings. The largest absolute Gasteiger partial charge is 0.497 e. The number of carbonyl (C=O) groups is 1. The molecule has 4 rings (SSSR count). The summed E-state index contributed by atoms with van der Waals surface area (Å²) in [5.41, 5.74) is 6.02. The maximum atomic E-state index is 12.8. The maximum Gasteiger partial charge on any atom is 0.227 e. The second kappa shape index (κ2) is 7.38. The highest BCUT2D eigenvalue weighted by molar-refractivity contribution is 5.83. The van der Waals surface area contributed by atoms with Crippen LogP contribution in [0.5, 0.6) is 11.5 Å². The molecule has 144 valence electrons. The Labute approximate surface area is 164 Å². The van der Waals surface area contributed by atoms with Crippen LogP contribution in [0, 0.1) is 6.92 Å². The highest BCUT2D eigenvalue weighted by Gasteiger charge is 2.28. The molecule has 0 unspecified atom stereocenters. The lowest BCUT2D eigenvalue weighted by Crippen LogP contribution is -2.35. The van der Waals surface area contributed by atoms with Crippen LogP contribution in [0.25, 0.3) is 11.3 Å². The van der Waals surface area contributed by atoms with Gasteiger partial charge in [0, 0.05) is 29.3 Å². The van der Waals surface area contributed by atoms with Crippen molar-refractivity contribution in [1.29, 1.82) is 0 Å². The minimum atomic E-state index is 0.0835. The Bertz CT molecular complexity index is 1010. The number of hydrogen-bond acceptors (Lipinski definition) is 4. The Morgan fingerprint density at radius 2 is 1.89 bits per heavy atom. The lowest BCUT2D eigenvalue weighted by Gasteiger charge is -2.27. The van der Waals surface area contributed by atoms with Crippen molar-refractivity contribution < 1.29 is 14.3 Å². The van der Waals surface area contributed by atoms with Crippen LogP contribution in [-0.2, 0) is 24.3 Å². The predicted octanol–water partition coefficient (Wildman–Crippen LogP) is 3.49. The van der Waals surface area contributed by atoms with Crippen molar-refractivity contribution in [2.24, 2.45) is 0 Å². The highest BCUT2D eigenvalue weighted by atomic mass is 16.5. The number of carbonyl (C=O) groups excluding carboxylic acids is 1. The average molecular weight is 377 g/mol. The fraction of sp³-hybridized carbons (Fsp3) is 0.273. The Balaban J connectivity index is 1.58. The van der Waals surface area contributed by atoms with Crippen LogP contribution < -0.4 is 9.47 Å². The zero-order chi connectivity index (χ0) is 19.7. The summed E-state index contributed by atoms with van der Waals surface area (Å²) in [5, 5.41) is 7.61. The normalized spacial score (nSPS) is 13.4. The topological polar surface area (TPSA) is 67.5 Å². The van der Waals surface area contributed by atoms with Crippen molar-refractivity contribution in [3.8, 4) is 22.8 Å². The Kier molecular flexibility index (Phi) is 4.77. The van der Waals surface area contributed by atoms with Crippen molar-refractivity contribution >= 4 is 5.91 Å². The second-order valence-electron chi connectivity index (χ2n) is 7.00. The second-order valence-corrected chi connectivity index (χ2v) is 7.00. The van der Waals surface area contributed by atoms with Crippen molar-refractivity contribution in [1.82, 2.24) is 15.1 Å². The van der Waals surface area contributed by atoms with E-state index in [-0.39, 0.29) is 5.91 Å². The maximum absolute atomic E-state index is 12.8. The quantitative estimate of drug-likeness (QED) is 0.739. The van der Waals surface area contributed by atoms with Gasteiger partial charge in [-0.25, -0.2) is 0 Å². The van der Waals surface area contributed by atoms with E-state index in [9.17, 15) is 4.79 Å².